The van der Waals surface area contributed by atoms with E-state index in [0.29, 0.717) is 0 Å². The second-order valence-corrected chi connectivity index (χ2v) is 1.66. The molecule has 1 heteroatoms. The van der Waals surface area contributed by atoms with Crippen LogP contribution in [0.2, 0.25) is 5.02 Å². The molecular formula is C6H4Cl. The molecule has 0 spiro atoms. The molecule has 0 amide bonds. The Labute approximate surface area is 47.7 Å². The molecule has 1 rings (SSSR count). The predicted molar refractivity (Wildman–Crippen MR) is 30.3 cm³/mol. The molecule has 0 saturated heterocycles. The molecule has 1 radical (unpaired) electrons. The zero-order valence-electron chi connectivity index (χ0n) is 3.69. The van der Waals surface area contributed by atoms with Crippen molar-refractivity contribution < 1.29 is 0 Å². The Kier molecular flexibility index (Phi) is 1.32. The van der Waals surface area contributed by atoms with E-state index in [1.54, 1.807) is 6.07 Å². The van der Waals surface area contributed by atoms with E-state index in [0.717, 1.165) is 5.02 Å². The highest BCUT2D eigenvalue weighted by molar-refractivity contribution is 6.30. The summed E-state index contributed by atoms with van der Waals surface area (Å²) in [6.45, 7) is 0. The van der Waals surface area contributed by atoms with Gasteiger partial charge >= 0.3 is 0 Å². The van der Waals surface area contributed by atoms with Crippen molar-refractivity contribution in [2.45, 2.75) is 0 Å². The van der Waals surface area contributed by atoms with Crippen molar-refractivity contribution in [3.63, 3.8) is 0 Å². The molecule has 0 aliphatic heterocycles. The zero-order valence-corrected chi connectivity index (χ0v) is 4.44. The van der Waals surface area contributed by atoms with Crippen LogP contribution in [0.3, 0.4) is 0 Å². The molecule has 0 N–H and O–H groups in total. The summed E-state index contributed by atoms with van der Waals surface area (Å²) in [5.74, 6) is 0. The third-order valence-electron chi connectivity index (χ3n) is 0.669. The molecule has 7 heavy (non-hydrogen) atoms. The summed E-state index contributed by atoms with van der Waals surface area (Å²) in [6.07, 6.45) is 0. The average Bonchev–Trinajstić information content (AvgIpc) is 1.69. The van der Waals surface area contributed by atoms with Crippen molar-refractivity contribution in [3.8, 4) is 0 Å². The van der Waals surface area contributed by atoms with Gasteiger partial charge in [-0.05, 0) is 18.2 Å². The summed E-state index contributed by atoms with van der Waals surface area (Å²) in [7, 11) is 0. The van der Waals surface area contributed by atoms with Crippen LogP contribution >= 0.6 is 11.6 Å². The lowest BCUT2D eigenvalue weighted by Gasteiger charge is -1.79. The van der Waals surface area contributed by atoms with E-state index in [1.165, 1.54) is 0 Å². The fraction of sp³-hybridized carbons (Fsp3) is 0. The second kappa shape index (κ2) is 1.99. The molecule has 0 atom stereocenters. The van der Waals surface area contributed by atoms with E-state index < -0.39 is 0 Å². The standard InChI is InChI=1S/C6H4Cl/c7-6-4-2-1-3-5-6/h1-2,4-5H. The number of rotatable bonds is 0. The van der Waals surface area contributed by atoms with Gasteiger partial charge in [-0.1, -0.05) is 23.7 Å². The van der Waals surface area contributed by atoms with Crippen LogP contribution in [0.5, 0.6) is 0 Å². The normalized spacial score (nSPS) is 8.71. The Morgan fingerprint density at radius 2 is 2.43 bits per heavy atom. The van der Waals surface area contributed by atoms with Crippen LogP contribution in [0, 0.1) is 6.07 Å². The van der Waals surface area contributed by atoms with Gasteiger partial charge in [0.05, 0.1) is 0 Å². The highest BCUT2D eigenvalue weighted by Crippen LogP contribution is 2.02. The molecule has 35 valence electrons. The van der Waals surface area contributed by atoms with Crippen LogP contribution in [0.25, 0.3) is 0 Å². The molecule has 1 aromatic rings. The Bertz CT molecular complexity index is 134. The van der Waals surface area contributed by atoms with Gasteiger partial charge in [-0.2, -0.15) is 0 Å². The minimum Gasteiger partial charge on any atom is -0.0843 e. The average molecular weight is 112 g/mol. The van der Waals surface area contributed by atoms with E-state index in [1.807, 2.05) is 18.2 Å². The van der Waals surface area contributed by atoms with Crippen LogP contribution < -0.4 is 0 Å². The van der Waals surface area contributed by atoms with Crippen LogP contribution in [0.15, 0.2) is 24.3 Å². The Balaban J connectivity index is 3.02. The maximum absolute atomic E-state index is 5.51. The lowest BCUT2D eigenvalue weighted by atomic mass is 10.4. The van der Waals surface area contributed by atoms with E-state index in [-0.39, 0.29) is 0 Å². The summed E-state index contributed by atoms with van der Waals surface area (Å²) in [5, 5.41) is 0.738. The summed E-state index contributed by atoms with van der Waals surface area (Å²) < 4.78 is 0. The predicted octanol–water partition coefficient (Wildman–Crippen LogP) is 2.14. The first-order valence-corrected chi connectivity index (χ1v) is 2.39. The largest absolute Gasteiger partial charge is 0.0843 e. The van der Waals surface area contributed by atoms with Crippen LogP contribution in [0.4, 0.5) is 0 Å². The molecule has 0 unspecified atom stereocenters. The lowest BCUT2D eigenvalue weighted by Crippen LogP contribution is -1.56. The maximum atomic E-state index is 5.51. The third-order valence-corrected chi connectivity index (χ3v) is 0.904. The molecule has 0 nitrogen and oxygen atoms in total. The van der Waals surface area contributed by atoms with Gasteiger partial charge in [-0.15, -0.1) is 0 Å². The molecule has 0 saturated carbocycles. The quantitative estimate of drug-likeness (QED) is 0.481. The fourth-order valence-corrected chi connectivity index (χ4v) is 0.507. The highest BCUT2D eigenvalue weighted by Gasteiger charge is 1.75. The Morgan fingerprint density at radius 3 is 2.71 bits per heavy atom. The molecule has 0 fully saturated rings. The molecular weight excluding hydrogens is 108 g/mol. The van der Waals surface area contributed by atoms with Crippen molar-refractivity contribution in [1.82, 2.24) is 0 Å². The van der Waals surface area contributed by atoms with Gasteiger partial charge in [0.2, 0.25) is 0 Å². The first-order chi connectivity index (χ1) is 3.39. The molecule has 0 heterocycles. The minimum atomic E-state index is 0.738. The molecule has 0 bridgehead atoms. The summed E-state index contributed by atoms with van der Waals surface area (Å²) >= 11 is 5.51. The van der Waals surface area contributed by atoms with Crippen molar-refractivity contribution in [2.24, 2.45) is 0 Å². The summed E-state index contributed by atoms with van der Waals surface area (Å²) in [5.41, 5.74) is 0. The van der Waals surface area contributed by atoms with Gasteiger partial charge in [-0.3, -0.25) is 0 Å². The fourth-order valence-electron chi connectivity index (χ4n) is 0.371. The van der Waals surface area contributed by atoms with Crippen molar-refractivity contribution in [3.05, 3.63) is 35.4 Å². The van der Waals surface area contributed by atoms with Gasteiger partial charge in [0.15, 0.2) is 0 Å². The topological polar surface area (TPSA) is 0 Å². The van der Waals surface area contributed by atoms with E-state index >= 15 is 0 Å². The van der Waals surface area contributed by atoms with Crippen LogP contribution in [0.1, 0.15) is 0 Å². The van der Waals surface area contributed by atoms with Gasteiger partial charge in [0.25, 0.3) is 0 Å². The smallest absolute Gasteiger partial charge is 0.0412 e. The molecule has 0 aliphatic rings. The number of hydrogen-bond acceptors (Lipinski definition) is 0. The second-order valence-electron chi connectivity index (χ2n) is 1.22. The van der Waals surface area contributed by atoms with Crippen molar-refractivity contribution in [1.29, 1.82) is 0 Å². The van der Waals surface area contributed by atoms with E-state index in [2.05, 4.69) is 6.07 Å². The van der Waals surface area contributed by atoms with Crippen molar-refractivity contribution in [2.75, 3.05) is 0 Å². The first kappa shape index (κ1) is 4.66. The SMILES string of the molecule is Clc1c[c]ccc1. The van der Waals surface area contributed by atoms with Gasteiger partial charge in [-0.25, -0.2) is 0 Å². The van der Waals surface area contributed by atoms with E-state index in [9.17, 15) is 0 Å². The molecule has 0 aliphatic carbocycles. The monoisotopic (exact) mass is 111 g/mol. The van der Waals surface area contributed by atoms with Crippen molar-refractivity contribution >= 4 is 11.6 Å². The van der Waals surface area contributed by atoms with Gasteiger partial charge in [0, 0.05) is 5.02 Å². The Morgan fingerprint density at radius 1 is 1.57 bits per heavy atom. The highest BCUT2D eigenvalue weighted by atomic mass is 35.5. The zero-order chi connectivity index (χ0) is 5.11. The number of halogens is 1. The Hall–Kier alpha value is -0.490. The van der Waals surface area contributed by atoms with Gasteiger partial charge in [0.1, 0.15) is 0 Å². The maximum Gasteiger partial charge on any atom is 0.0412 e. The van der Waals surface area contributed by atoms with Gasteiger partial charge < -0.3 is 0 Å². The number of hydrogen-bond donors (Lipinski definition) is 0. The summed E-state index contributed by atoms with van der Waals surface area (Å²) in [6, 6.07) is 10.0. The molecule has 1 aromatic carbocycles. The summed E-state index contributed by atoms with van der Waals surface area (Å²) in [4.78, 5) is 0. The van der Waals surface area contributed by atoms with Crippen LogP contribution in [-0.4, -0.2) is 0 Å². The minimum absolute atomic E-state index is 0.738. The molecule has 0 aromatic heterocycles. The number of benzene rings is 1. The third kappa shape index (κ3) is 1.20. The van der Waals surface area contributed by atoms with E-state index in [4.69, 9.17) is 11.6 Å². The first-order valence-electron chi connectivity index (χ1n) is 2.01. The van der Waals surface area contributed by atoms with Crippen LogP contribution in [-0.2, 0) is 0 Å². The lowest BCUT2D eigenvalue weighted by molar-refractivity contribution is 1.69.